The van der Waals surface area contributed by atoms with Gasteiger partial charge in [-0.2, -0.15) is 0 Å². The van der Waals surface area contributed by atoms with Crippen LogP contribution in [-0.4, -0.2) is 22.4 Å². The summed E-state index contributed by atoms with van der Waals surface area (Å²) in [7, 11) is 0. The molecule has 2 bridgehead atoms. The van der Waals surface area contributed by atoms with Crippen LogP contribution in [0, 0.1) is 11.8 Å². The Morgan fingerprint density at radius 2 is 1.50 bits per heavy atom. The first kappa shape index (κ1) is 6.62. The van der Waals surface area contributed by atoms with Gasteiger partial charge in [-0.25, -0.2) is 0 Å². The molecular formula is C8H14O2. The van der Waals surface area contributed by atoms with E-state index in [-0.39, 0.29) is 6.61 Å². The zero-order valence-electron chi connectivity index (χ0n) is 6.08. The van der Waals surface area contributed by atoms with E-state index >= 15 is 0 Å². The summed E-state index contributed by atoms with van der Waals surface area (Å²) in [4.78, 5) is 0. The third-order valence-corrected chi connectivity index (χ3v) is 3.39. The topological polar surface area (TPSA) is 40.5 Å². The molecule has 0 aromatic carbocycles. The van der Waals surface area contributed by atoms with Crippen LogP contribution in [0.2, 0.25) is 0 Å². The lowest BCUT2D eigenvalue weighted by molar-refractivity contribution is -0.0512. The molecule has 58 valence electrons. The van der Waals surface area contributed by atoms with E-state index in [1.807, 2.05) is 0 Å². The molecule has 0 saturated heterocycles. The van der Waals surface area contributed by atoms with Gasteiger partial charge in [0.25, 0.3) is 0 Å². The minimum absolute atomic E-state index is 0.0255. The van der Waals surface area contributed by atoms with Crippen molar-refractivity contribution >= 4 is 0 Å². The molecule has 2 fully saturated rings. The van der Waals surface area contributed by atoms with Gasteiger partial charge in [-0.05, 0) is 37.5 Å². The van der Waals surface area contributed by atoms with Crippen LogP contribution in [0.15, 0.2) is 0 Å². The molecule has 2 nitrogen and oxygen atoms in total. The zero-order valence-corrected chi connectivity index (χ0v) is 6.08. The maximum Gasteiger partial charge on any atom is 0.0933 e. The van der Waals surface area contributed by atoms with Crippen molar-refractivity contribution in [1.29, 1.82) is 0 Å². The van der Waals surface area contributed by atoms with E-state index in [2.05, 4.69) is 0 Å². The summed E-state index contributed by atoms with van der Waals surface area (Å²) in [5.74, 6) is 0.810. The Hall–Kier alpha value is -0.0800. The smallest absolute Gasteiger partial charge is 0.0933 e. The number of rotatable bonds is 1. The molecule has 0 atom stereocenters. The molecule has 0 unspecified atom stereocenters. The fraction of sp³-hybridized carbons (Fsp3) is 1.00. The predicted octanol–water partition coefficient (Wildman–Crippen LogP) is 0.530. The van der Waals surface area contributed by atoms with E-state index in [1.165, 1.54) is 0 Å². The van der Waals surface area contributed by atoms with Crippen LogP contribution in [0.25, 0.3) is 0 Å². The highest BCUT2D eigenvalue weighted by Crippen LogP contribution is 2.51. The number of hydrogen-bond acceptors (Lipinski definition) is 2. The van der Waals surface area contributed by atoms with Gasteiger partial charge in [-0.1, -0.05) is 0 Å². The van der Waals surface area contributed by atoms with E-state index in [0.29, 0.717) is 11.8 Å². The van der Waals surface area contributed by atoms with Crippen molar-refractivity contribution < 1.29 is 10.2 Å². The van der Waals surface area contributed by atoms with Gasteiger partial charge in [0.15, 0.2) is 0 Å². The summed E-state index contributed by atoms with van der Waals surface area (Å²) in [5.41, 5.74) is -0.681. The van der Waals surface area contributed by atoms with Crippen LogP contribution in [-0.2, 0) is 0 Å². The normalized spacial score (nSPS) is 52.2. The van der Waals surface area contributed by atoms with Gasteiger partial charge in [0, 0.05) is 0 Å². The largest absolute Gasteiger partial charge is 0.393 e. The lowest BCUT2D eigenvalue weighted by Crippen LogP contribution is -2.38. The molecule has 0 aromatic rings. The second kappa shape index (κ2) is 1.95. The van der Waals surface area contributed by atoms with Crippen LogP contribution in [0.3, 0.4) is 0 Å². The highest BCUT2D eigenvalue weighted by atomic mass is 16.3. The summed E-state index contributed by atoms with van der Waals surface area (Å²) < 4.78 is 0. The van der Waals surface area contributed by atoms with Gasteiger partial charge < -0.3 is 10.2 Å². The molecule has 0 spiro atoms. The minimum Gasteiger partial charge on any atom is -0.393 e. The SMILES string of the molecule is OCC1(O)C2CCC1CC2. The third-order valence-electron chi connectivity index (χ3n) is 3.39. The molecule has 0 radical (unpaired) electrons. The summed E-state index contributed by atoms with van der Waals surface area (Å²) in [6.07, 6.45) is 4.51. The minimum atomic E-state index is -0.681. The standard InChI is InChI=1S/C8H14O2/c9-5-8(10)6-1-2-7(8)4-3-6/h6-7,9-10H,1-5H2. The van der Waals surface area contributed by atoms with E-state index < -0.39 is 5.60 Å². The number of aliphatic hydroxyl groups is 2. The van der Waals surface area contributed by atoms with Crippen molar-refractivity contribution in [1.82, 2.24) is 0 Å². The molecule has 0 aromatic heterocycles. The molecule has 0 heterocycles. The molecule has 0 amide bonds. The summed E-state index contributed by atoms with van der Waals surface area (Å²) in [6, 6.07) is 0. The molecular weight excluding hydrogens is 128 g/mol. The summed E-state index contributed by atoms with van der Waals surface area (Å²) in [6.45, 7) is -0.0255. The Labute approximate surface area is 60.9 Å². The molecule has 2 N–H and O–H groups in total. The molecule has 0 aliphatic heterocycles. The van der Waals surface area contributed by atoms with Gasteiger partial charge in [-0.15, -0.1) is 0 Å². The van der Waals surface area contributed by atoms with Gasteiger partial charge >= 0.3 is 0 Å². The van der Waals surface area contributed by atoms with Gasteiger partial charge in [0.05, 0.1) is 12.2 Å². The van der Waals surface area contributed by atoms with Crippen molar-refractivity contribution in [2.45, 2.75) is 31.3 Å². The Bertz CT molecular complexity index is 124. The van der Waals surface area contributed by atoms with Crippen LogP contribution in [0.4, 0.5) is 0 Å². The summed E-state index contributed by atoms with van der Waals surface area (Å²) in [5, 5.41) is 18.8. The van der Waals surface area contributed by atoms with Crippen LogP contribution in [0.5, 0.6) is 0 Å². The Morgan fingerprint density at radius 3 is 1.70 bits per heavy atom. The quantitative estimate of drug-likeness (QED) is 0.560. The van der Waals surface area contributed by atoms with Crippen LogP contribution >= 0.6 is 0 Å². The van der Waals surface area contributed by atoms with E-state index in [0.717, 1.165) is 25.7 Å². The lowest BCUT2D eigenvalue weighted by Gasteiger charge is -2.25. The highest BCUT2D eigenvalue weighted by molar-refractivity contribution is 5.03. The molecule has 2 heteroatoms. The van der Waals surface area contributed by atoms with Crippen molar-refractivity contribution in [2.75, 3.05) is 6.61 Å². The molecule has 2 aliphatic carbocycles. The Kier molecular flexibility index (Phi) is 1.29. The number of fused-ring (bicyclic) bond motifs is 2. The first-order valence-corrected chi connectivity index (χ1v) is 4.10. The second-order valence-corrected chi connectivity index (χ2v) is 3.70. The fourth-order valence-corrected chi connectivity index (χ4v) is 2.68. The maximum atomic E-state index is 9.85. The maximum absolute atomic E-state index is 9.85. The fourth-order valence-electron chi connectivity index (χ4n) is 2.68. The van der Waals surface area contributed by atoms with Crippen molar-refractivity contribution in [3.8, 4) is 0 Å². The summed E-state index contributed by atoms with van der Waals surface area (Å²) >= 11 is 0. The van der Waals surface area contributed by atoms with Crippen LogP contribution in [0.1, 0.15) is 25.7 Å². The van der Waals surface area contributed by atoms with Crippen LogP contribution < -0.4 is 0 Å². The lowest BCUT2D eigenvalue weighted by atomic mass is 9.93. The predicted molar refractivity (Wildman–Crippen MR) is 37.5 cm³/mol. The van der Waals surface area contributed by atoms with Crippen molar-refractivity contribution in [3.63, 3.8) is 0 Å². The van der Waals surface area contributed by atoms with E-state index in [4.69, 9.17) is 5.11 Å². The van der Waals surface area contributed by atoms with Gasteiger partial charge in [-0.3, -0.25) is 0 Å². The van der Waals surface area contributed by atoms with Gasteiger partial charge in [0.2, 0.25) is 0 Å². The average Bonchev–Trinajstić information content (AvgIpc) is 2.46. The van der Waals surface area contributed by atoms with Gasteiger partial charge in [0.1, 0.15) is 0 Å². The molecule has 2 rings (SSSR count). The second-order valence-electron chi connectivity index (χ2n) is 3.70. The Balaban J connectivity index is 2.22. The first-order chi connectivity index (χ1) is 4.77. The average molecular weight is 142 g/mol. The van der Waals surface area contributed by atoms with E-state index in [9.17, 15) is 5.11 Å². The monoisotopic (exact) mass is 142 g/mol. The molecule has 2 aliphatic rings. The van der Waals surface area contributed by atoms with E-state index in [1.54, 1.807) is 0 Å². The zero-order chi connectivity index (χ0) is 7.19. The first-order valence-electron chi connectivity index (χ1n) is 4.10. The van der Waals surface area contributed by atoms with Crippen molar-refractivity contribution in [2.24, 2.45) is 11.8 Å². The third kappa shape index (κ3) is 0.611. The Morgan fingerprint density at radius 1 is 1.10 bits per heavy atom. The molecule has 10 heavy (non-hydrogen) atoms. The number of hydrogen-bond donors (Lipinski definition) is 2. The number of aliphatic hydroxyl groups excluding tert-OH is 1. The highest BCUT2D eigenvalue weighted by Gasteiger charge is 2.52. The van der Waals surface area contributed by atoms with Crippen molar-refractivity contribution in [3.05, 3.63) is 0 Å². The molecule has 2 saturated carbocycles.